The molecule has 0 bridgehead atoms. The van der Waals surface area contributed by atoms with Gasteiger partial charge in [-0.3, -0.25) is 0 Å². The molecule has 1 aromatic heterocycles. The lowest BCUT2D eigenvalue weighted by molar-refractivity contribution is -0.137. The highest BCUT2D eigenvalue weighted by Crippen LogP contribution is 2.37. The van der Waals surface area contributed by atoms with E-state index >= 15 is 0 Å². The lowest BCUT2D eigenvalue weighted by atomic mass is 10.1. The molecule has 0 aliphatic heterocycles. The average Bonchev–Trinajstić information content (AvgIpc) is 2.98. The largest absolute Gasteiger partial charge is 0.416 e. The number of hydrogen-bond acceptors (Lipinski definition) is 3. The first-order valence-electron chi connectivity index (χ1n) is 8.12. The first-order chi connectivity index (χ1) is 12.2. The molecule has 0 fully saturated rings. The van der Waals surface area contributed by atoms with Crippen molar-refractivity contribution in [1.29, 1.82) is 0 Å². The molecule has 6 heteroatoms. The van der Waals surface area contributed by atoms with E-state index in [4.69, 9.17) is 12.6 Å². The fourth-order valence-electron chi connectivity index (χ4n) is 2.68. The van der Waals surface area contributed by atoms with E-state index in [9.17, 15) is 13.2 Å². The third kappa shape index (κ3) is 4.30. The molecular formula is C20H18F3NS2. The molecule has 0 saturated heterocycles. The molecule has 3 aromatic rings. The van der Waals surface area contributed by atoms with Gasteiger partial charge in [-0.1, -0.05) is 42.0 Å². The predicted molar refractivity (Wildman–Crippen MR) is 104 cm³/mol. The zero-order valence-electron chi connectivity index (χ0n) is 14.3. The van der Waals surface area contributed by atoms with Crippen LogP contribution >= 0.6 is 24.0 Å². The van der Waals surface area contributed by atoms with Gasteiger partial charge in [-0.2, -0.15) is 25.8 Å². The summed E-state index contributed by atoms with van der Waals surface area (Å²) in [5.74, 6) is 0. The summed E-state index contributed by atoms with van der Waals surface area (Å²) in [6.07, 6.45) is -3.55. The fourth-order valence-corrected chi connectivity index (χ4v) is 4.30. The number of aryl methyl sites for hydroxylation is 2. The van der Waals surface area contributed by atoms with Gasteiger partial charge in [0.1, 0.15) is 5.01 Å². The predicted octanol–water partition coefficient (Wildman–Crippen LogP) is 6.66. The zero-order valence-corrected chi connectivity index (χ0v) is 16.1. The van der Waals surface area contributed by atoms with Crippen molar-refractivity contribution in [1.82, 2.24) is 4.98 Å². The minimum atomic E-state index is -4.33. The van der Waals surface area contributed by atoms with Gasteiger partial charge in [0.05, 0.1) is 11.3 Å². The summed E-state index contributed by atoms with van der Waals surface area (Å²) in [4.78, 5) is 5.58. The van der Waals surface area contributed by atoms with Crippen molar-refractivity contribution >= 4 is 24.0 Å². The van der Waals surface area contributed by atoms with Gasteiger partial charge in [0.2, 0.25) is 0 Å². The van der Waals surface area contributed by atoms with Crippen LogP contribution < -0.4 is 0 Å². The summed E-state index contributed by atoms with van der Waals surface area (Å²) in [5.41, 5.74) is 3.31. The number of rotatable bonds is 4. The van der Waals surface area contributed by atoms with Gasteiger partial charge in [-0.05, 0) is 38.0 Å². The molecule has 0 spiro atoms. The second kappa shape index (κ2) is 7.45. The highest BCUT2D eigenvalue weighted by Gasteiger charge is 2.30. The zero-order chi connectivity index (χ0) is 18.9. The molecule has 1 heterocycles. The summed E-state index contributed by atoms with van der Waals surface area (Å²) in [6.45, 7) is 3.96. The number of halogens is 3. The van der Waals surface area contributed by atoms with E-state index in [0.717, 1.165) is 29.1 Å². The Bertz CT molecular complexity index is 881. The summed E-state index contributed by atoms with van der Waals surface area (Å²) < 4.78 is 38.1. The van der Waals surface area contributed by atoms with Crippen molar-refractivity contribution in [2.24, 2.45) is 0 Å². The molecule has 0 N–H and O–H groups in total. The van der Waals surface area contributed by atoms with Crippen LogP contribution in [-0.2, 0) is 12.6 Å². The molecule has 2 aromatic carbocycles. The number of alkyl halides is 3. The van der Waals surface area contributed by atoms with Crippen LogP contribution in [0.4, 0.5) is 13.2 Å². The van der Waals surface area contributed by atoms with E-state index in [0.29, 0.717) is 10.6 Å². The molecule has 0 saturated carbocycles. The van der Waals surface area contributed by atoms with Crippen molar-refractivity contribution < 1.29 is 13.2 Å². The van der Waals surface area contributed by atoms with Crippen molar-refractivity contribution in [3.05, 3.63) is 75.8 Å². The summed E-state index contributed by atoms with van der Waals surface area (Å²) in [5, 5.41) is 0.715. The van der Waals surface area contributed by atoms with E-state index in [-0.39, 0.29) is 5.25 Å². The Hall–Kier alpha value is -1.79. The van der Waals surface area contributed by atoms with Crippen molar-refractivity contribution in [2.75, 3.05) is 0 Å². The Labute approximate surface area is 160 Å². The third-order valence-electron chi connectivity index (χ3n) is 4.14. The monoisotopic (exact) mass is 393 g/mol. The second-order valence-corrected chi connectivity index (χ2v) is 7.90. The van der Waals surface area contributed by atoms with Crippen molar-refractivity contribution in [3.8, 4) is 10.6 Å². The molecular weight excluding hydrogens is 375 g/mol. The van der Waals surface area contributed by atoms with Gasteiger partial charge < -0.3 is 0 Å². The molecule has 0 radical (unpaired) electrons. The van der Waals surface area contributed by atoms with E-state index in [1.807, 2.05) is 13.8 Å². The normalized spacial score (nSPS) is 13.0. The van der Waals surface area contributed by atoms with Crippen LogP contribution in [0.25, 0.3) is 10.6 Å². The first kappa shape index (κ1) is 19.0. The van der Waals surface area contributed by atoms with Gasteiger partial charge in [0.15, 0.2) is 0 Å². The van der Waals surface area contributed by atoms with E-state index in [1.165, 1.54) is 34.6 Å². The van der Waals surface area contributed by atoms with Crippen LogP contribution in [0, 0.1) is 13.8 Å². The molecule has 1 nitrogen and oxygen atoms in total. The van der Waals surface area contributed by atoms with Gasteiger partial charge in [-0.25, -0.2) is 4.98 Å². The number of hydrogen-bond donors (Lipinski definition) is 1. The Balaban J connectivity index is 1.81. The maximum absolute atomic E-state index is 12.7. The van der Waals surface area contributed by atoms with Gasteiger partial charge >= 0.3 is 6.18 Å². The lowest BCUT2D eigenvalue weighted by Crippen LogP contribution is -2.03. The minimum Gasteiger partial charge on any atom is -0.241 e. The maximum Gasteiger partial charge on any atom is 0.416 e. The average molecular weight is 393 g/mol. The molecule has 1 unspecified atom stereocenters. The maximum atomic E-state index is 12.7. The quantitative estimate of drug-likeness (QED) is 0.489. The third-order valence-corrected chi connectivity index (χ3v) is 6.08. The Morgan fingerprint density at radius 2 is 1.62 bits per heavy atom. The van der Waals surface area contributed by atoms with Crippen LogP contribution in [0.5, 0.6) is 0 Å². The molecule has 3 rings (SSSR count). The van der Waals surface area contributed by atoms with E-state index < -0.39 is 11.7 Å². The van der Waals surface area contributed by atoms with Gasteiger partial charge in [0.25, 0.3) is 0 Å². The van der Waals surface area contributed by atoms with Gasteiger partial charge in [0, 0.05) is 15.7 Å². The minimum absolute atomic E-state index is 0.00148. The van der Waals surface area contributed by atoms with E-state index in [2.05, 4.69) is 29.2 Å². The number of benzene rings is 2. The topological polar surface area (TPSA) is 12.9 Å². The van der Waals surface area contributed by atoms with Gasteiger partial charge in [-0.15, -0.1) is 11.3 Å². The lowest BCUT2D eigenvalue weighted by Gasteiger charge is -2.09. The highest BCUT2D eigenvalue weighted by atomic mass is 32.1. The number of nitrogens with zero attached hydrogens (tertiary/aromatic N) is 1. The smallest absolute Gasteiger partial charge is 0.241 e. The summed E-state index contributed by atoms with van der Waals surface area (Å²) in [6, 6.07) is 13.5. The fraction of sp³-hybridized carbons (Fsp3) is 0.250. The highest BCUT2D eigenvalue weighted by molar-refractivity contribution is 7.80. The molecule has 0 amide bonds. The van der Waals surface area contributed by atoms with Crippen LogP contribution in [-0.4, -0.2) is 4.98 Å². The Morgan fingerprint density at radius 3 is 2.19 bits per heavy atom. The van der Waals surface area contributed by atoms with Crippen LogP contribution in [0.2, 0.25) is 0 Å². The Kier molecular flexibility index (Phi) is 5.44. The first-order valence-corrected chi connectivity index (χ1v) is 9.46. The van der Waals surface area contributed by atoms with Crippen LogP contribution in [0.15, 0.2) is 48.5 Å². The van der Waals surface area contributed by atoms with E-state index in [1.54, 1.807) is 0 Å². The summed E-state index contributed by atoms with van der Waals surface area (Å²) >= 11 is 6.22. The number of aromatic nitrogens is 1. The van der Waals surface area contributed by atoms with Crippen LogP contribution in [0.3, 0.4) is 0 Å². The SMILES string of the molecule is Cc1ccc(CC(S)c2sc(-c3ccc(C(F)(F)F)cc3)nc2C)cc1. The van der Waals surface area contributed by atoms with Crippen molar-refractivity contribution in [3.63, 3.8) is 0 Å². The molecule has 0 aliphatic rings. The molecule has 1 atom stereocenters. The summed E-state index contributed by atoms with van der Waals surface area (Å²) in [7, 11) is 0. The molecule has 136 valence electrons. The van der Waals surface area contributed by atoms with Crippen molar-refractivity contribution in [2.45, 2.75) is 31.7 Å². The number of thiazole rings is 1. The second-order valence-electron chi connectivity index (χ2n) is 6.25. The number of thiol groups is 1. The molecule has 26 heavy (non-hydrogen) atoms. The van der Waals surface area contributed by atoms with Crippen LogP contribution in [0.1, 0.15) is 32.5 Å². The molecule has 0 aliphatic carbocycles. The Morgan fingerprint density at radius 1 is 1.00 bits per heavy atom. The standard InChI is InChI=1S/C20H18F3NS2/c1-12-3-5-14(6-4-12)11-17(25)18-13(2)24-19(26-18)15-7-9-16(10-8-15)20(21,22)23/h3-10,17,25H,11H2,1-2H3.